The molecule has 2 rings (SSSR count). The van der Waals surface area contributed by atoms with Crippen molar-refractivity contribution in [2.24, 2.45) is 0 Å². The molecule has 102 valence electrons. The number of halogens is 1. The fourth-order valence-electron chi connectivity index (χ4n) is 2.05. The number of hydrogen-bond donors (Lipinski definition) is 1. The van der Waals surface area contributed by atoms with Crippen LogP contribution in [0.3, 0.4) is 0 Å². The summed E-state index contributed by atoms with van der Waals surface area (Å²) in [5, 5.41) is 3.38. The first-order chi connectivity index (χ1) is 9.15. The molecule has 0 spiro atoms. The Balaban J connectivity index is 2.33. The highest BCUT2D eigenvalue weighted by atomic mass is 79.9. The minimum Gasteiger partial charge on any atom is -0.494 e. The minimum atomic E-state index is 0.204. The molecule has 0 fully saturated rings. The number of rotatable bonds is 5. The van der Waals surface area contributed by atoms with Crippen LogP contribution in [0, 0.1) is 6.92 Å². The van der Waals surface area contributed by atoms with Gasteiger partial charge >= 0.3 is 0 Å². The van der Waals surface area contributed by atoms with Crippen LogP contribution in [0.15, 0.2) is 34.1 Å². The highest BCUT2D eigenvalue weighted by Gasteiger charge is 2.16. The summed E-state index contributed by atoms with van der Waals surface area (Å²) >= 11 is 5.37. The summed E-state index contributed by atoms with van der Waals surface area (Å²) in [6.07, 6.45) is 0. The van der Waals surface area contributed by atoms with Gasteiger partial charge in [0.25, 0.3) is 0 Å². The molecule has 19 heavy (non-hydrogen) atoms. The van der Waals surface area contributed by atoms with Gasteiger partial charge in [-0.15, -0.1) is 11.3 Å². The first kappa shape index (κ1) is 14.6. The predicted molar refractivity (Wildman–Crippen MR) is 85.3 cm³/mol. The van der Waals surface area contributed by atoms with Gasteiger partial charge in [-0.3, -0.25) is 0 Å². The van der Waals surface area contributed by atoms with Crippen molar-refractivity contribution in [1.29, 1.82) is 0 Å². The van der Waals surface area contributed by atoms with Gasteiger partial charge in [0.2, 0.25) is 0 Å². The zero-order valence-corrected chi connectivity index (χ0v) is 13.8. The van der Waals surface area contributed by atoms with E-state index in [1.165, 1.54) is 19.8 Å². The summed E-state index contributed by atoms with van der Waals surface area (Å²) in [6, 6.07) is 10.7. The van der Waals surface area contributed by atoms with E-state index in [1.807, 2.05) is 26.1 Å². The summed E-state index contributed by atoms with van der Waals surface area (Å²) in [6.45, 7) is 4.81. The molecule has 1 N–H and O–H groups in total. The quantitative estimate of drug-likeness (QED) is 0.864. The molecule has 0 saturated heterocycles. The first-order valence-electron chi connectivity index (χ1n) is 6.31. The van der Waals surface area contributed by atoms with E-state index >= 15 is 0 Å². The third kappa shape index (κ3) is 3.38. The molecule has 0 bridgehead atoms. The molecule has 2 aromatic rings. The van der Waals surface area contributed by atoms with E-state index in [4.69, 9.17) is 4.74 Å². The van der Waals surface area contributed by atoms with E-state index in [-0.39, 0.29) is 6.04 Å². The minimum absolute atomic E-state index is 0.204. The molecule has 0 aliphatic rings. The van der Waals surface area contributed by atoms with Gasteiger partial charge in [0.05, 0.1) is 16.4 Å². The Morgan fingerprint density at radius 3 is 2.74 bits per heavy atom. The van der Waals surface area contributed by atoms with Crippen molar-refractivity contribution in [1.82, 2.24) is 5.32 Å². The molecule has 1 atom stereocenters. The molecule has 4 heteroatoms. The van der Waals surface area contributed by atoms with Gasteiger partial charge in [-0.05, 0) is 66.2 Å². The lowest BCUT2D eigenvalue weighted by Crippen LogP contribution is -2.16. The molecule has 0 amide bonds. The summed E-state index contributed by atoms with van der Waals surface area (Å²) in [5.41, 5.74) is 2.50. The summed E-state index contributed by atoms with van der Waals surface area (Å²) < 4.78 is 6.77. The van der Waals surface area contributed by atoms with Gasteiger partial charge in [-0.25, -0.2) is 0 Å². The van der Waals surface area contributed by atoms with Gasteiger partial charge in [0.1, 0.15) is 5.75 Å². The van der Waals surface area contributed by atoms with E-state index in [9.17, 15) is 0 Å². The van der Waals surface area contributed by atoms with Crippen molar-refractivity contribution in [2.75, 3.05) is 13.7 Å². The average Bonchev–Trinajstić information content (AvgIpc) is 2.71. The van der Waals surface area contributed by atoms with E-state index in [2.05, 4.69) is 46.4 Å². The van der Waals surface area contributed by atoms with E-state index < -0.39 is 0 Å². The largest absolute Gasteiger partial charge is 0.494 e. The van der Waals surface area contributed by atoms with Crippen LogP contribution in [0.5, 0.6) is 5.75 Å². The lowest BCUT2D eigenvalue weighted by molar-refractivity contribution is 0.339. The van der Waals surface area contributed by atoms with Crippen molar-refractivity contribution in [2.45, 2.75) is 19.9 Å². The molecule has 0 aliphatic carbocycles. The molecule has 0 saturated carbocycles. The zero-order chi connectivity index (χ0) is 13.8. The first-order valence-corrected chi connectivity index (χ1v) is 7.92. The molecule has 1 aromatic heterocycles. The Kier molecular flexibility index (Phi) is 5.02. The number of hydrogen-bond acceptors (Lipinski definition) is 3. The van der Waals surface area contributed by atoms with Gasteiger partial charge in [-0.1, -0.05) is 12.1 Å². The molecular formula is C15H18BrNOS. The Bertz CT molecular complexity index is 533. The normalized spacial score (nSPS) is 12.4. The summed E-state index contributed by atoms with van der Waals surface area (Å²) in [7, 11) is 1.99. The molecule has 1 aromatic carbocycles. The van der Waals surface area contributed by atoms with Crippen LogP contribution < -0.4 is 10.1 Å². The Hall–Kier alpha value is -0.840. The number of aryl methyl sites for hydroxylation is 1. The molecule has 1 unspecified atom stereocenters. The lowest BCUT2D eigenvalue weighted by atomic mass is 10.0. The monoisotopic (exact) mass is 339 g/mol. The molecule has 2 nitrogen and oxygen atoms in total. The number of ether oxygens (including phenoxy) is 1. The molecule has 0 aliphatic heterocycles. The van der Waals surface area contributed by atoms with Gasteiger partial charge in [0, 0.05) is 4.88 Å². The SMILES string of the molecule is CCOc1cccc(C(NC)c2cc(C)c(Br)s2)c1. The Morgan fingerprint density at radius 2 is 2.16 bits per heavy atom. The van der Waals surface area contributed by atoms with Crippen LogP contribution in [0.2, 0.25) is 0 Å². The zero-order valence-electron chi connectivity index (χ0n) is 11.4. The van der Waals surface area contributed by atoms with Crippen molar-refractivity contribution >= 4 is 27.3 Å². The highest BCUT2D eigenvalue weighted by Crippen LogP contribution is 2.34. The predicted octanol–water partition coefficient (Wildman–Crippen LogP) is 4.53. The number of benzene rings is 1. The summed E-state index contributed by atoms with van der Waals surface area (Å²) in [4.78, 5) is 1.31. The van der Waals surface area contributed by atoms with Crippen molar-refractivity contribution in [3.05, 3.63) is 50.1 Å². The third-order valence-corrected chi connectivity index (χ3v) is 5.15. The van der Waals surface area contributed by atoms with Crippen molar-refractivity contribution < 1.29 is 4.74 Å². The number of nitrogens with one attached hydrogen (secondary N) is 1. The van der Waals surface area contributed by atoms with Crippen LogP contribution in [-0.2, 0) is 0 Å². The van der Waals surface area contributed by atoms with E-state index in [1.54, 1.807) is 11.3 Å². The van der Waals surface area contributed by atoms with Crippen LogP contribution >= 0.6 is 27.3 Å². The third-order valence-electron chi connectivity index (χ3n) is 2.95. The second-order valence-corrected chi connectivity index (χ2v) is 6.73. The number of thiophene rings is 1. The van der Waals surface area contributed by atoms with Gasteiger partial charge in [-0.2, -0.15) is 0 Å². The Morgan fingerprint density at radius 1 is 1.37 bits per heavy atom. The van der Waals surface area contributed by atoms with Crippen molar-refractivity contribution in [3.8, 4) is 5.75 Å². The highest BCUT2D eigenvalue weighted by molar-refractivity contribution is 9.11. The fraction of sp³-hybridized carbons (Fsp3) is 0.333. The average molecular weight is 340 g/mol. The maximum Gasteiger partial charge on any atom is 0.119 e. The molecular weight excluding hydrogens is 322 g/mol. The van der Waals surface area contributed by atoms with E-state index in [0.717, 1.165) is 5.75 Å². The lowest BCUT2D eigenvalue weighted by Gasteiger charge is -2.16. The second-order valence-electron chi connectivity index (χ2n) is 4.33. The van der Waals surface area contributed by atoms with Gasteiger partial charge < -0.3 is 10.1 Å². The van der Waals surface area contributed by atoms with E-state index in [0.29, 0.717) is 6.61 Å². The maximum atomic E-state index is 5.57. The second kappa shape index (κ2) is 6.55. The molecule has 1 heterocycles. The smallest absolute Gasteiger partial charge is 0.119 e. The molecule has 0 radical (unpaired) electrons. The standard InChI is InChI=1S/C15H18BrNOS/c1-4-18-12-7-5-6-11(9-12)14(17-3)13-8-10(2)15(16)19-13/h5-9,14,17H,4H2,1-3H3. The maximum absolute atomic E-state index is 5.57. The van der Waals surface area contributed by atoms with Crippen molar-refractivity contribution in [3.63, 3.8) is 0 Å². The van der Waals surface area contributed by atoms with Crippen LogP contribution in [0.4, 0.5) is 0 Å². The van der Waals surface area contributed by atoms with Gasteiger partial charge in [0.15, 0.2) is 0 Å². The van der Waals surface area contributed by atoms with Crippen LogP contribution in [0.25, 0.3) is 0 Å². The Labute approximate surface area is 126 Å². The summed E-state index contributed by atoms with van der Waals surface area (Å²) in [5.74, 6) is 0.924. The van der Waals surface area contributed by atoms with Crippen LogP contribution in [0.1, 0.15) is 29.0 Å². The fourth-order valence-corrected chi connectivity index (χ4v) is 3.76. The topological polar surface area (TPSA) is 21.3 Å². The van der Waals surface area contributed by atoms with Crippen LogP contribution in [-0.4, -0.2) is 13.7 Å².